The van der Waals surface area contributed by atoms with E-state index >= 15 is 0 Å². The average molecular weight is 463 g/mol. The van der Waals surface area contributed by atoms with E-state index < -0.39 is 20.9 Å². The summed E-state index contributed by atoms with van der Waals surface area (Å²) in [6, 6.07) is 11.3. The van der Waals surface area contributed by atoms with Gasteiger partial charge in [-0.1, -0.05) is 12.1 Å². The van der Waals surface area contributed by atoms with Crippen LogP contribution >= 0.6 is 11.3 Å². The third kappa shape index (κ3) is 6.31. The molecule has 0 saturated carbocycles. The van der Waals surface area contributed by atoms with Crippen molar-refractivity contribution in [3.63, 3.8) is 0 Å². The number of thiazole rings is 1. The topological polar surface area (TPSA) is 141 Å². The summed E-state index contributed by atoms with van der Waals surface area (Å²) in [5.74, 6) is 0.112. The van der Waals surface area contributed by atoms with Crippen LogP contribution in [-0.2, 0) is 16.6 Å². The van der Waals surface area contributed by atoms with Crippen LogP contribution in [0.4, 0.5) is 5.69 Å². The largest absolute Gasteiger partial charge is 0.487 e. The Kier molecular flexibility index (Phi) is 7.28. The number of nitrogens with one attached hydrogen (secondary N) is 2. The van der Waals surface area contributed by atoms with E-state index in [0.717, 1.165) is 11.8 Å². The molecule has 0 spiro atoms. The van der Waals surface area contributed by atoms with E-state index in [1.165, 1.54) is 29.5 Å². The molecule has 1 aromatic heterocycles. The van der Waals surface area contributed by atoms with E-state index in [1.807, 2.05) is 5.38 Å². The quantitative estimate of drug-likeness (QED) is 0.268. The van der Waals surface area contributed by atoms with Gasteiger partial charge in [0.15, 0.2) is 0 Å². The zero-order valence-electron chi connectivity index (χ0n) is 16.1. The number of rotatable bonds is 10. The van der Waals surface area contributed by atoms with Crippen LogP contribution < -0.4 is 14.8 Å². The Morgan fingerprint density at radius 2 is 1.97 bits per heavy atom. The van der Waals surface area contributed by atoms with Gasteiger partial charge in [-0.25, -0.2) is 18.1 Å². The Morgan fingerprint density at radius 3 is 2.71 bits per heavy atom. The number of non-ortho nitro benzene ring substituents is 1. The van der Waals surface area contributed by atoms with Gasteiger partial charge in [0.2, 0.25) is 10.0 Å². The van der Waals surface area contributed by atoms with E-state index in [0.29, 0.717) is 11.3 Å². The third-order valence-corrected chi connectivity index (χ3v) is 6.10. The van der Waals surface area contributed by atoms with Crippen LogP contribution in [-0.4, -0.2) is 37.3 Å². The molecule has 0 aliphatic carbocycles. The second-order valence-electron chi connectivity index (χ2n) is 6.20. The van der Waals surface area contributed by atoms with Crippen molar-refractivity contribution in [3.05, 3.63) is 80.8 Å². The van der Waals surface area contributed by atoms with Crippen LogP contribution in [0.15, 0.2) is 64.3 Å². The molecule has 1 heterocycles. The average Bonchev–Trinajstić information content (AvgIpc) is 3.29. The highest BCUT2D eigenvalue weighted by atomic mass is 32.2. The monoisotopic (exact) mass is 462 g/mol. The standard InChI is InChI=1S/C19H18N4O6S2/c24-19(14-3-1-5-17(9-14)29-11-15-12-30-13-21-15)20-7-8-22-31(27,28)18-6-2-4-16(10-18)23(25)26/h1-6,9-10,12-13,22H,7-8,11H2,(H,20,24). The maximum Gasteiger partial charge on any atom is 0.270 e. The normalized spacial score (nSPS) is 11.1. The third-order valence-electron chi connectivity index (χ3n) is 4.01. The molecule has 0 saturated heterocycles. The van der Waals surface area contributed by atoms with E-state index in [2.05, 4.69) is 15.0 Å². The van der Waals surface area contributed by atoms with E-state index in [4.69, 9.17) is 4.74 Å². The summed E-state index contributed by atoms with van der Waals surface area (Å²) < 4.78 is 32.4. The molecule has 12 heteroatoms. The van der Waals surface area contributed by atoms with Crippen molar-refractivity contribution in [2.75, 3.05) is 13.1 Å². The number of nitro groups is 1. The number of ether oxygens (including phenoxy) is 1. The summed E-state index contributed by atoms with van der Waals surface area (Å²) in [4.78, 5) is 26.3. The summed E-state index contributed by atoms with van der Waals surface area (Å²) >= 11 is 1.46. The molecule has 1 amide bonds. The Bertz CT molecular complexity index is 1170. The highest BCUT2D eigenvalue weighted by Gasteiger charge is 2.17. The van der Waals surface area contributed by atoms with Crippen molar-refractivity contribution in [3.8, 4) is 5.75 Å². The lowest BCUT2D eigenvalue weighted by atomic mass is 10.2. The number of sulfonamides is 1. The molecule has 0 aliphatic rings. The molecule has 0 fully saturated rings. The second-order valence-corrected chi connectivity index (χ2v) is 8.69. The molecule has 0 unspecified atom stereocenters. The number of aromatic nitrogens is 1. The second kappa shape index (κ2) is 10.1. The highest BCUT2D eigenvalue weighted by molar-refractivity contribution is 7.89. The summed E-state index contributed by atoms with van der Waals surface area (Å²) in [6.45, 7) is 0.224. The number of hydrogen-bond donors (Lipinski definition) is 2. The minimum absolute atomic E-state index is 0.0247. The predicted molar refractivity (Wildman–Crippen MR) is 114 cm³/mol. The lowest BCUT2D eigenvalue weighted by molar-refractivity contribution is -0.385. The van der Waals surface area contributed by atoms with E-state index in [1.54, 1.807) is 29.8 Å². The van der Waals surface area contributed by atoms with Crippen molar-refractivity contribution in [2.24, 2.45) is 0 Å². The van der Waals surface area contributed by atoms with Gasteiger partial charge in [0.1, 0.15) is 12.4 Å². The maximum absolute atomic E-state index is 12.3. The first-order chi connectivity index (χ1) is 14.8. The highest BCUT2D eigenvalue weighted by Crippen LogP contribution is 2.17. The Balaban J connectivity index is 1.50. The smallest absolute Gasteiger partial charge is 0.270 e. The zero-order valence-corrected chi connectivity index (χ0v) is 17.7. The molecule has 3 rings (SSSR count). The fourth-order valence-electron chi connectivity index (χ4n) is 2.50. The van der Waals surface area contributed by atoms with Crippen LogP contribution in [0.2, 0.25) is 0 Å². The van der Waals surface area contributed by atoms with Crippen molar-refractivity contribution in [1.29, 1.82) is 0 Å². The lowest BCUT2D eigenvalue weighted by Gasteiger charge is -2.09. The minimum atomic E-state index is -3.95. The molecule has 0 bridgehead atoms. The maximum atomic E-state index is 12.3. The summed E-state index contributed by atoms with van der Waals surface area (Å²) in [6.07, 6.45) is 0. The first kappa shape index (κ1) is 22.3. The molecule has 162 valence electrons. The summed E-state index contributed by atoms with van der Waals surface area (Å²) in [7, 11) is -3.95. The van der Waals surface area contributed by atoms with Crippen molar-refractivity contribution >= 4 is 33.0 Å². The molecular weight excluding hydrogens is 444 g/mol. The number of amides is 1. The summed E-state index contributed by atoms with van der Waals surface area (Å²) in [5.41, 5.74) is 2.52. The van der Waals surface area contributed by atoms with Crippen molar-refractivity contribution in [2.45, 2.75) is 11.5 Å². The van der Waals surface area contributed by atoms with Gasteiger partial charge in [-0.05, 0) is 24.3 Å². The number of nitrogens with zero attached hydrogens (tertiary/aromatic N) is 2. The Hall–Kier alpha value is -3.35. The van der Waals surface area contributed by atoms with Gasteiger partial charge in [0, 0.05) is 36.2 Å². The van der Waals surface area contributed by atoms with Gasteiger partial charge < -0.3 is 10.1 Å². The van der Waals surface area contributed by atoms with Gasteiger partial charge in [-0.3, -0.25) is 14.9 Å². The molecular formula is C19H18N4O6S2. The van der Waals surface area contributed by atoms with Crippen molar-refractivity contribution < 1.29 is 22.9 Å². The molecule has 3 aromatic rings. The number of carbonyl (C=O) groups excluding carboxylic acids is 1. The van der Waals surface area contributed by atoms with Gasteiger partial charge in [-0.2, -0.15) is 0 Å². The van der Waals surface area contributed by atoms with Crippen molar-refractivity contribution in [1.82, 2.24) is 15.0 Å². The number of nitro benzene ring substituents is 1. The predicted octanol–water partition coefficient (Wildman–Crippen LogP) is 2.34. The van der Waals surface area contributed by atoms with Crippen LogP contribution in [0.3, 0.4) is 0 Å². The van der Waals surface area contributed by atoms with E-state index in [9.17, 15) is 23.3 Å². The molecule has 2 N–H and O–H groups in total. The number of carbonyl (C=O) groups is 1. The molecule has 31 heavy (non-hydrogen) atoms. The van der Waals surface area contributed by atoms with Gasteiger partial charge in [0.25, 0.3) is 11.6 Å². The minimum Gasteiger partial charge on any atom is -0.487 e. The Morgan fingerprint density at radius 1 is 1.16 bits per heavy atom. The fraction of sp³-hybridized carbons (Fsp3) is 0.158. The van der Waals surface area contributed by atoms with Crippen LogP contribution in [0.25, 0.3) is 0 Å². The Labute approximate surface area is 182 Å². The van der Waals surface area contributed by atoms with Crippen LogP contribution in [0.5, 0.6) is 5.75 Å². The van der Waals surface area contributed by atoms with Gasteiger partial charge >= 0.3 is 0 Å². The lowest BCUT2D eigenvalue weighted by Crippen LogP contribution is -2.34. The molecule has 2 aromatic carbocycles. The SMILES string of the molecule is O=C(NCCNS(=O)(=O)c1cccc([N+](=O)[O-])c1)c1cccc(OCc2cscn2)c1. The van der Waals surface area contributed by atoms with Gasteiger partial charge in [0.05, 0.1) is 21.0 Å². The molecule has 0 radical (unpaired) electrons. The number of benzene rings is 2. The van der Waals surface area contributed by atoms with Gasteiger partial charge in [-0.15, -0.1) is 11.3 Å². The molecule has 0 atom stereocenters. The summed E-state index contributed by atoms with van der Waals surface area (Å²) in [5, 5.41) is 15.3. The molecule has 0 aliphatic heterocycles. The first-order valence-electron chi connectivity index (χ1n) is 8.97. The van der Waals surface area contributed by atoms with Crippen LogP contribution in [0, 0.1) is 10.1 Å². The zero-order chi connectivity index (χ0) is 22.3. The fourth-order valence-corrected chi connectivity index (χ4v) is 4.12. The van der Waals surface area contributed by atoms with Crippen LogP contribution in [0.1, 0.15) is 16.1 Å². The molecule has 10 nitrogen and oxygen atoms in total. The first-order valence-corrected chi connectivity index (χ1v) is 11.4. The van der Waals surface area contributed by atoms with E-state index in [-0.39, 0.29) is 30.3 Å². The number of hydrogen-bond acceptors (Lipinski definition) is 8.